The third-order valence-corrected chi connectivity index (χ3v) is 4.30. The van der Waals surface area contributed by atoms with Crippen LogP contribution in [0.3, 0.4) is 0 Å². The largest absolute Gasteiger partial charge is 0.394 e. The molecule has 5 heteroatoms. The van der Waals surface area contributed by atoms with E-state index in [0.717, 1.165) is 25.9 Å². The molecule has 2 N–H and O–H groups in total. The molecule has 1 amide bonds. The number of rotatable bonds is 4. The molecule has 1 aromatic rings. The van der Waals surface area contributed by atoms with Gasteiger partial charge in [0.2, 0.25) is 0 Å². The molecule has 1 aliphatic heterocycles. The molecule has 0 unspecified atom stereocenters. The van der Waals surface area contributed by atoms with Gasteiger partial charge in [-0.25, -0.2) is 0 Å². The van der Waals surface area contributed by atoms with Crippen molar-refractivity contribution in [1.29, 1.82) is 0 Å². The zero-order valence-electron chi connectivity index (χ0n) is 12.6. The van der Waals surface area contributed by atoms with Gasteiger partial charge in [0, 0.05) is 19.3 Å². The Balaban J connectivity index is 2.21. The van der Waals surface area contributed by atoms with Crippen LogP contribution in [0.5, 0.6) is 0 Å². The number of carbonyl (C=O) groups excluding carboxylic acids is 1. The average molecular weight is 279 g/mol. The molecule has 1 aliphatic rings. The number of amides is 1. The summed E-state index contributed by atoms with van der Waals surface area (Å²) in [4.78, 5) is 14.3. The normalized spacial score (nSPS) is 17.2. The molecule has 112 valence electrons. The lowest BCUT2D eigenvalue weighted by atomic mass is 10.0. The molecule has 0 radical (unpaired) electrons. The van der Waals surface area contributed by atoms with Crippen LogP contribution in [0.2, 0.25) is 0 Å². The Kier molecular flexibility index (Phi) is 4.50. The SMILES string of the molecule is CN(C(=O)c1cccn1C1CCNCC1)C(C)(C)CO. The van der Waals surface area contributed by atoms with Gasteiger partial charge in [-0.2, -0.15) is 0 Å². The second kappa shape index (κ2) is 5.97. The number of hydrogen-bond acceptors (Lipinski definition) is 3. The summed E-state index contributed by atoms with van der Waals surface area (Å²) in [7, 11) is 1.75. The third-order valence-electron chi connectivity index (χ3n) is 4.30. The van der Waals surface area contributed by atoms with Crippen LogP contribution in [0, 0.1) is 0 Å². The van der Waals surface area contributed by atoms with Crippen molar-refractivity contribution >= 4 is 5.91 Å². The van der Waals surface area contributed by atoms with E-state index in [1.807, 2.05) is 32.2 Å². The van der Waals surface area contributed by atoms with Gasteiger partial charge < -0.3 is 19.9 Å². The molecule has 1 fully saturated rings. The zero-order chi connectivity index (χ0) is 14.8. The molecule has 0 aliphatic carbocycles. The second-order valence-corrected chi connectivity index (χ2v) is 6.12. The van der Waals surface area contributed by atoms with E-state index in [1.165, 1.54) is 0 Å². The fourth-order valence-corrected chi connectivity index (χ4v) is 2.53. The lowest BCUT2D eigenvalue weighted by Crippen LogP contribution is -2.48. The molecule has 1 aromatic heterocycles. The van der Waals surface area contributed by atoms with Crippen molar-refractivity contribution in [1.82, 2.24) is 14.8 Å². The monoisotopic (exact) mass is 279 g/mol. The summed E-state index contributed by atoms with van der Waals surface area (Å²) in [5.74, 6) is -0.0346. The van der Waals surface area contributed by atoms with Crippen molar-refractivity contribution in [2.75, 3.05) is 26.7 Å². The predicted octanol–water partition coefficient (Wildman–Crippen LogP) is 1.26. The van der Waals surface area contributed by atoms with E-state index >= 15 is 0 Å². The van der Waals surface area contributed by atoms with Gasteiger partial charge in [0.1, 0.15) is 5.69 Å². The van der Waals surface area contributed by atoms with Crippen LogP contribution in [0.25, 0.3) is 0 Å². The maximum absolute atomic E-state index is 12.7. The number of piperidine rings is 1. The van der Waals surface area contributed by atoms with Crippen LogP contribution in [-0.4, -0.2) is 52.8 Å². The molecule has 2 heterocycles. The van der Waals surface area contributed by atoms with Crippen LogP contribution < -0.4 is 5.32 Å². The molecule has 1 saturated heterocycles. The van der Waals surface area contributed by atoms with E-state index in [2.05, 4.69) is 9.88 Å². The van der Waals surface area contributed by atoms with Gasteiger partial charge in [-0.05, 0) is 51.9 Å². The molecular formula is C15H25N3O2. The summed E-state index contributed by atoms with van der Waals surface area (Å²) >= 11 is 0. The quantitative estimate of drug-likeness (QED) is 0.872. The Morgan fingerprint density at radius 1 is 1.50 bits per heavy atom. The van der Waals surface area contributed by atoms with Crippen molar-refractivity contribution in [3.05, 3.63) is 24.0 Å². The summed E-state index contributed by atoms with van der Waals surface area (Å²) in [6.45, 7) is 5.66. The van der Waals surface area contributed by atoms with E-state index in [9.17, 15) is 9.90 Å². The number of aliphatic hydroxyl groups excluding tert-OH is 1. The first-order valence-corrected chi connectivity index (χ1v) is 7.24. The molecule has 0 spiro atoms. The Labute approximate surface area is 120 Å². The number of aliphatic hydroxyl groups is 1. The highest BCUT2D eigenvalue weighted by atomic mass is 16.3. The molecule has 0 aromatic carbocycles. The molecule has 0 atom stereocenters. The Bertz CT molecular complexity index is 461. The topological polar surface area (TPSA) is 57.5 Å². The smallest absolute Gasteiger partial charge is 0.270 e. The van der Waals surface area contributed by atoms with Gasteiger partial charge in [0.25, 0.3) is 5.91 Å². The zero-order valence-corrected chi connectivity index (χ0v) is 12.6. The minimum atomic E-state index is -0.555. The summed E-state index contributed by atoms with van der Waals surface area (Å²) in [6.07, 6.45) is 4.08. The molecule has 20 heavy (non-hydrogen) atoms. The first-order chi connectivity index (χ1) is 9.47. The second-order valence-electron chi connectivity index (χ2n) is 6.12. The average Bonchev–Trinajstić information content (AvgIpc) is 2.96. The molecule has 2 rings (SSSR count). The Hall–Kier alpha value is -1.33. The van der Waals surface area contributed by atoms with Gasteiger partial charge in [0.15, 0.2) is 0 Å². The number of nitrogens with zero attached hydrogens (tertiary/aromatic N) is 2. The van der Waals surface area contributed by atoms with E-state index in [0.29, 0.717) is 11.7 Å². The highest BCUT2D eigenvalue weighted by Gasteiger charge is 2.30. The van der Waals surface area contributed by atoms with Gasteiger partial charge in [-0.1, -0.05) is 0 Å². The van der Waals surface area contributed by atoms with Gasteiger partial charge in [-0.3, -0.25) is 4.79 Å². The summed E-state index contributed by atoms with van der Waals surface area (Å²) in [6, 6.07) is 4.18. The molecular weight excluding hydrogens is 254 g/mol. The van der Waals surface area contributed by atoms with Crippen molar-refractivity contribution < 1.29 is 9.90 Å². The maximum Gasteiger partial charge on any atom is 0.270 e. The van der Waals surface area contributed by atoms with Crippen LogP contribution >= 0.6 is 0 Å². The molecule has 0 bridgehead atoms. The first kappa shape index (κ1) is 15.1. The lowest BCUT2D eigenvalue weighted by molar-refractivity contribution is 0.0460. The summed E-state index contributed by atoms with van der Waals surface area (Å²) in [5, 5.41) is 12.8. The summed E-state index contributed by atoms with van der Waals surface area (Å²) < 4.78 is 2.09. The minimum Gasteiger partial charge on any atom is -0.394 e. The minimum absolute atomic E-state index is 0.0346. The van der Waals surface area contributed by atoms with Crippen LogP contribution in [0.15, 0.2) is 18.3 Å². The summed E-state index contributed by atoms with van der Waals surface area (Å²) in [5.41, 5.74) is 0.154. The third kappa shape index (κ3) is 2.88. The van der Waals surface area contributed by atoms with E-state index < -0.39 is 5.54 Å². The standard InChI is InChI=1S/C15H25N3O2/c1-15(2,11-19)17(3)14(20)13-5-4-10-18(13)12-6-8-16-9-7-12/h4-5,10,12,16,19H,6-9,11H2,1-3H3. The Morgan fingerprint density at radius 2 is 2.15 bits per heavy atom. The number of aromatic nitrogens is 1. The number of nitrogens with one attached hydrogen (secondary N) is 1. The first-order valence-electron chi connectivity index (χ1n) is 7.24. The highest BCUT2D eigenvalue weighted by molar-refractivity contribution is 5.93. The number of carbonyl (C=O) groups is 1. The van der Waals surface area contributed by atoms with Crippen LogP contribution in [-0.2, 0) is 0 Å². The highest BCUT2D eigenvalue weighted by Crippen LogP contribution is 2.23. The van der Waals surface area contributed by atoms with Gasteiger partial charge in [-0.15, -0.1) is 0 Å². The van der Waals surface area contributed by atoms with E-state index in [-0.39, 0.29) is 12.5 Å². The predicted molar refractivity (Wildman–Crippen MR) is 78.8 cm³/mol. The van der Waals surface area contributed by atoms with Crippen molar-refractivity contribution in [3.63, 3.8) is 0 Å². The van der Waals surface area contributed by atoms with Crippen LogP contribution in [0.4, 0.5) is 0 Å². The van der Waals surface area contributed by atoms with Crippen molar-refractivity contribution in [3.8, 4) is 0 Å². The van der Waals surface area contributed by atoms with E-state index in [4.69, 9.17) is 0 Å². The fourth-order valence-electron chi connectivity index (χ4n) is 2.53. The Morgan fingerprint density at radius 3 is 2.75 bits per heavy atom. The van der Waals surface area contributed by atoms with Crippen molar-refractivity contribution in [2.24, 2.45) is 0 Å². The van der Waals surface area contributed by atoms with Gasteiger partial charge >= 0.3 is 0 Å². The van der Waals surface area contributed by atoms with Crippen LogP contribution in [0.1, 0.15) is 43.2 Å². The number of hydrogen-bond donors (Lipinski definition) is 2. The van der Waals surface area contributed by atoms with Crippen molar-refractivity contribution in [2.45, 2.75) is 38.3 Å². The van der Waals surface area contributed by atoms with E-state index in [1.54, 1.807) is 11.9 Å². The molecule has 0 saturated carbocycles. The maximum atomic E-state index is 12.7. The number of likely N-dealkylation sites (N-methyl/N-ethyl adjacent to an activating group) is 1. The lowest BCUT2D eigenvalue weighted by Gasteiger charge is -2.35. The van der Waals surface area contributed by atoms with Gasteiger partial charge in [0.05, 0.1) is 12.1 Å². The molecule has 5 nitrogen and oxygen atoms in total. The fraction of sp³-hybridized carbons (Fsp3) is 0.667.